The number of likely N-dealkylation sites (tertiary alicyclic amines) is 1. The van der Waals surface area contributed by atoms with Crippen molar-refractivity contribution in [1.29, 1.82) is 0 Å². The maximum atomic E-state index is 12.7. The van der Waals surface area contributed by atoms with Gasteiger partial charge in [0, 0.05) is 31.0 Å². The molecule has 25 heavy (non-hydrogen) atoms. The first-order valence-corrected chi connectivity index (χ1v) is 9.12. The predicted octanol–water partition coefficient (Wildman–Crippen LogP) is 2.58. The molecule has 0 N–H and O–H groups in total. The lowest BCUT2D eigenvalue weighted by molar-refractivity contribution is -0.132. The van der Waals surface area contributed by atoms with Crippen LogP contribution in [-0.4, -0.2) is 39.2 Å². The fraction of sp³-hybridized carbons (Fsp3) is 0.667. The van der Waals surface area contributed by atoms with Gasteiger partial charge in [-0.2, -0.15) is 4.98 Å². The van der Waals surface area contributed by atoms with Crippen LogP contribution in [-0.2, 0) is 17.6 Å². The van der Waals surface area contributed by atoms with Crippen LogP contribution in [0.1, 0.15) is 60.3 Å². The Bertz CT molecular complexity index is 743. The van der Waals surface area contributed by atoms with Crippen LogP contribution in [0.5, 0.6) is 0 Å². The van der Waals surface area contributed by atoms with Crippen molar-refractivity contribution in [3.63, 3.8) is 0 Å². The van der Waals surface area contributed by atoms with Crippen molar-refractivity contribution in [2.24, 2.45) is 5.92 Å². The number of hydrogen-bond donors (Lipinski definition) is 0. The van der Waals surface area contributed by atoms with Crippen LogP contribution in [0.2, 0.25) is 0 Å². The summed E-state index contributed by atoms with van der Waals surface area (Å²) in [5, 5.41) is 8.02. The predicted molar refractivity (Wildman–Crippen MR) is 89.0 cm³/mol. The van der Waals surface area contributed by atoms with Gasteiger partial charge < -0.3 is 13.9 Å². The van der Waals surface area contributed by atoms with Gasteiger partial charge in [-0.15, -0.1) is 0 Å². The summed E-state index contributed by atoms with van der Waals surface area (Å²) in [4.78, 5) is 19.1. The molecule has 134 valence electrons. The number of aromatic nitrogens is 3. The summed E-state index contributed by atoms with van der Waals surface area (Å²) in [5.74, 6) is 3.34. The molecule has 0 spiro atoms. The molecule has 4 rings (SSSR count). The lowest BCUT2D eigenvalue weighted by Crippen LogP contribution is -2.41. The van der Waals surface area contributed by atoms with Crippen molar-refractivity contribution in [2.45, 2.75) is 58.3 Å². The van der Waals surface area contributed by atoms with Crippen LogP contribution >= 0.6 is 0 Å². The minimum absolute atomic E-state index is 0.142. The Morgan fingerprint density at radius 3 is 2.76 bits per heavy atom. The maximum Gasteiger partial charge on any atom is 0.227 e. The van der Waals surface area contributed by atoms with Gasteiger partial charge in [-0.05, 0) is 45.4 Å². The molecule has 2 aliphatic rings. The minimum Gasteiger partial charge on any atom is -0.361 e. The van der Waals surface area contributed by atoms with E-state index in [4.69, 9.17) is 9.05 Å². The number of nitrogens with zero attached hydrogens (tertiary/aromatic N) is 4. The van der Waals surface area contributed by atoms with E-state index < -0.39 is 0 Å². The lowest BCUT2D eigenvalue weighted by atomic mass is 9.94. The summed E-state index contributed by atoms with van der Waals surface area (Å²) < 4.78 is 10.6. The molecular weight excluding hydrogens is 320 g/mol. The van der Waals surface area contributed by atoms with Gasteiger partial charge in [-0.1, -0.05) is 10.3 Å². The van der Waals surface area contributed by atoms with Gasteiger partial charge in [0.25, 0.3) is 0 Å². The van der Waals surface area contributed by atoms with Crippen LogP contribution < -0.4 is 0 Å². The van der Waals surface area contributed by atoms with Crippen molar-refractivity contribution in [3.8, 4) is 0 Å². The highest BCUT2D eigenvalue weighted by atomic mass is 16.5. The van der Waals surface area contributed by atoms with Crippen LogP contribution in [0.4, 0.5) is 0 Å². The van der Waals surface area contributed by atoms with Gasteiger partial charge in [0.1, 0.15) is 5.76 Å². The Morgan fingerprint density at radius 1 is 1.20 bits per heavy atom. The van der Waals surface area contributed by atoms with Gasteiger partial charge in [-0.3, -0.25) is 4.79 Å². The van der Waals surface area contributed by atoms with Crippen molar-refractivity contribution < 1.29 is 13.8 Å². The number of hydrogen-bond acceptors (Lipinski definition) is 6. The average Bonchev–Trinajstić information content (AvgIpc) is 3.29. The fourth-order valence-corrected chi connectivity index (χ4v) is 3.58. The van der Waals surface area contributed by atoms with E-state index in [-0.39, 0.29) is 5.91 Å². The molecule has 2 aromatic rings. The summed E-state index contributed by atoms with van der Waals surface area (Å²) in [5.41, 5.74) is 1.72. The largest absolute Gasteiger partial charge is 0.361 e. The molecule has 0 bridgehead atoms. The molecule has 0 aromatic carbocycles. The van der Waals surface area contributed by atoms with E-state index >= 15 is 0 Å². The number of carbonyl (C=O) groups excluding carboxylic acids is 1. The van der Waals surface area contributed by atoms with E-state index in [1.54, 1.807) is 0 Å². The molecule has 2 fully saturated rings. The molecule has 0 radical (unpaired) electrons. The van der Waals surface area contributed by atoms with Crippen LogP contribution in [0.3, 0.4) is 0 Å². The molecule has 0 unspecified atom stereocenters. The molecule has 2 aromatic heterocycles. The zero-order valence-corrected chi connectivity index (χ0v) is 14.8. The third-order valence-corrected chi connectivity index (χ3v) is 5.27. The Labute approximate surface area is 146 Å². The zero-order valence-electron chi connectivity index (χ0n) is 14.8. The molecular formula is C18H24N4O3. The molecule has 7 heteroatoms. The zero-order chi connectivity index (χ0) is 17.4. The normalized spacial score (nSPS) is 20.9. The summed E-state index contributed by atoms with van der Waals surface area (Å²) in [7, 11) is 0. The fourth-order valence-electron chi connectivity index (χ4n) is 3.58. The Kier molecular flexibility index (Phi) is 4.31. The standard InChI is InChI=1S/C18H24N4O3/c1-11-15(12(2)24-20-11)9-17(23)22-7-3-4-13(10-22)8-16-19-18(21-25-16)14-5-6-14/h13-14H,3-10H2,1-2H3/t13-/m0/s1. The molecule has 7 nitrogen and oxygen atoms in total. The lowest BCUT2D eigenvalue weighted by Gasteiger charge is -2.32. The number of amides is 1. The SMILES string of the molecule is Cc1noc(C)c1CC(=O)N1CCC[C@@H](Cc2nc(C3CC3)no2)C1. The molecule has 1 saturated heterocycles. The third-order valence-electron chi connectivity index (χ3n) is 5.27. The number of aryl methyl sites for hydroxylation is 2. The maximum absolute atomic E-state index is 12.7. The monoisotopic (exact) mass is 344 g/mol. The number of carbonyl (C=O) groups is 1. The summed E-state index contributed by atoms with van der Waals surface area (Å²) >= 11 is 0. The van der Waals surface area contributed by atoms with E-state index in [1.807, 2.05) is 18.7 Å². The van der Waals surface area contributed by atoms with Crippen molar-refractivity contribution in [3.05, 3.63) is 28.7 Å². The van der Waals surface area contributed by atoms with Crippen molar-refractivity contribution in [1.82, 2.24) is 20.2 Å². The van der Waals surface area contributed by atoms with E-state index in [1.165, 1.54) is 12.8 Å². The Morgan fingerprint density at radius 2 is 2.04 bits per heavy atom. The molecule has 3 heterocycles. The van der Waals surface area contributed by atoms with Crippen LogP contribution in [0.25, 0.3) is 0 Å². The average molecular weight is 344 g/mol. The highest BCUT2D eigenvalue weighted by molar-refractivity contribution is 5.79. The first-order valence-electron chi connectivity index (χ1n) is 9.12. The molecule has 1 saturated carbocycles. The van der Waals surface area contributed by atoms with Crippen molar-refractivity contribution in [2.75, 3.05) is 13.1 Å². The topological polar surface area (TPSA) is 85.3 Å². The van der Waals surface area contributed by atoms with Crippen LogP contribution in [0, 0.1) is 19.8 Å². The van der Waals surface area contributed by atoms with E-state index in [9.17, 15) is 4.79 Å². The molecule has 1 aliphatic carbocycles. The van der Waals surface area contributed by atoms with E-state index in [0.717, 1.165) is 55.2 Å². The van der Waals surface area contributed by atoms with E-state index in [2.05, 4.69) is 15.3 Å². The second kappa shape index (κ2) is 6.61. The highest BCUT2D eigenvalue weighted by Crippen LogP contribution is 2.38. The Balaban J connectivity index is 1.35. The molecule has 1 atom stereocenters. The van der Waals surface area contributed by atoms with Gasteiger partial charge in [0.05, 0.1) is 12.1 Å². The molecule has 1 amide bonds. The van der Waals surface area contributed by atoms with Gasteiger partial charge >= 0.3 is 0 Å². The van der Waals surface area contributed by atoms with Gasteiger partial charge in [0.15, 0.2) is 5.82 Å². The van der Waals surface area contributed by atoms with Gasteiger partial charge in [-0.25, -0.2) is 0 Å². The van der Waals surface area contributed by atoms with Gasteiger partial charge in [0.2, 0.25) is 11.8 Å². The summed E-state index contributed by atoms with van der Waals surface area (Å²) in [6.45, 7) is 5.30. The second-order valence-corrected chi connectivity index (χ2v) is 7.35. The van der Waals surface area contributed by atoms with Crippen LogP contribution in [0.15, 0.2) is 9.05 Å². The van der Waals surface area contributed by atoms with Crippen molar-refractivity contribution >= 4 is 5.91 Å². The summed E-state index contributed by atoms with van der Waals surface area (Å²) in [6.07, 6.45) is 5.58. The first kappa shape index (κ1) is 16.3. The quantitative estimate of drug-likeness (QED) is 0.829. The second-order valence-electron chi connectivity index (χ2n) is 7.35. The Hall–Kier alpha value is -2.18. The number of piperidine rings is 1. The third kappa shape index (κ3) is 3.60. The van der Waals surface area contributed by atoms with E-state index in [0.29, 0.717) is 24.1 Å². The number of rotatable bonds is 5. The smallest absolute Gasteiger partial charge is 0.227 e. The molecule has 1 aliphatic heterocycles. The first-order chi connectivity index (χ1) is 12.1. The summed E-state index contributed by atoms with van der Waals surface area (Å²) in [6, 6.07) is 0. The highest BCUT2D eigenvalue weighted by Gasteiger charge is 2.30. The minimum atomic E-state index is 0.142.